The number of aryl methyl sites for hydroxylation is 1. The molecule has 2 saturated heterocycles. The fourth-order valence-corrected chi connectivity index (χ4v) is 4.18. The Labute approximate surface area is 148 Å². The van der Waals surface area contributed by atoms with Crippen LogP contribution in [0.15, 0.2) is 0 Å². The molecule has 1 unspecified atom stereocenters. The van der Waals surface area contributed by atoms with Crippen LogP contribution in [0.25, 0.3) is 0 Å². The fraction of sp³-hybridized carbons (Fsp3) is 0.722. The minimum absolute atomic E-state index is 0.275. The van der Waals surface area contributed by atoms with Crippen LogP contribution in [0.1, 0.15) is 43.4 Å². The number of fused-ring (bicyclic) bond motifs is 1. The van der Waals surface area contributed by atoms with Gasteiger partial charge in [-0.25, -0.2) is 9.78 Å². The van der Waals surface area contributed by atoms with Crippen LogP contribution in [0.5, 0.6) is 0 Å². The number of hydrogen-bond donors (Lipinski definition) is 1. The zero-order chi connectivity index (χ0) is 17.4. The summed E-state index contributed by atoms with van der Waals surface area (Å²) in [5.41, 5.74) is 2.21. The van der Waals surface area contributed by atoms with Crippen molar-refractivity contribution in [1.29, 1.82) is 0 Å². The van der Waals surface area contributed by atoms with Gasteiger partial charge in [-0.15, -0.1) is 0 Å². The van der Waals surface area contributed by atoms with E-state index in [2.05, 4.69) is 10.2 Å². The first-order valence-corrected chi connectivity index (χ1v) is 9.35. The van der Waals surface area contributed by atoms with Gasteiger partial charge in [-0.05, 0) is 38.5 Å². The van der Waals surface area contributed by atoms with E-state index >= 15 is 0 Å². The summed E-state index contributed by atoms with van der Waals surface area (Å²) in [6.45, 7) is 2.45. The molecule has 1 aromatic rings. The molecule has 1 atom stereocenters. The Kier molecular flexibility index (Phi) is 4.17. The third kappa shape index (κ3) is 3.12. The standard InChI is InChI=1S/C18H27N5O2/c1-22(2)16-20-14-7-4-3-6-13(14)15(21-16)23-10-5-8-18(9-11-23)12-19-17(24)25-18/h3-12H2,1-2H3,(H,19,24). The first-order valence-electron chi connectivity index (χ1n) is 9.35. The van der Waals surface area contributed by atoms with Gasteiger partial charge < -0.3 is 19.9 Å². The Morgan fingerprint density at radius 3 is 2.72 bits per heavy atom. The molecule has 1 aliphatic carbocycles. The maximum atomic E-state index is 11.5. The van der Waals surface area contributed by atoms with Gasteiger partial charge in [-0.2, -0.15) is 4.98 Å². The maximum absolute atomic E-state index is 11.5. The average Bonchev–Trinajstić information content (AvgIpc) is 2.85. The number of ether oxygens (including phenoxy) is 1. The van der Waals surface area contributed by atoms with Gasteiger partial charge in [0.1, 0.15) is 11.4 Å². The Morgan fingerprint density at radius 1 is 1.12 bits per heavy atom. The quantitative estimate of drug-likeness (QED) is 0.883. The zero-order valence-electron chi connectivity index (χ0n) is 15.2. The van der Waals surface area contributed by atoms with E-state index < -0.39 is 0 Å². The molecule has 1 amide bonds. The summed E-state index contributed by atoms with van der Waals surface area (Å²) < 4.78 is 5.61. The van der Waals surface area contributed by atoms with E-state index in [0.29, 0.717) is 6.54 Å². The average molecular weight is 345 g/mol. The summed E-state index contributed by atoms with van der Waals surface area (Å²) in [5.74, 6) is 1.89. The highest BCUT2D eigenvalue weighted by molar-refractivity contribution is 5.70. The molecule has 0 radical (unpaired) electrons. The maximum Gasteiger partial charge on any atom is 0.407 e. The lowest BCUT2D eigenvalue weighted by atomic mass is 9.95. The predicted octanol–water partition coefficient (Wildman–Crippen LogP) is 1.89. The van der Waals surface area contributed by atoms with Crippen LogP contribution in [0.2, 0.25) is 0 Å². The predicted molar refractivity (Wildman–Crippen MR) is 96.3 cm³/mol. The minimum Gasteiger partial charge on any atom is -0.441 e. The van der Waals surface area contributed by atoms with Crippen molar-refractivity contribution in [2.45, 2.75) is 50.5 Å². The minimum atomic E-state index is -0.330. The van der Waals surface area contributed by atoms with E-state index in [4.69, 9.17) is 14.7 Å². The molecule has 1 spiro atoms. The van der Waals surface area contributed by atoms with Crippen LogP contribution in [-0.2, 0) is 17.6 Å². The normalized spacial score (nSPS) is 26.0. The highest BCUT2D eigenvalue weighted by atomic mass is 16.6. The number of nitrogens with zero attached hydrogens (tertiary/aromatic N) is 4. The first-order chi connectivity index (χ1) is 12.1. The number of amides is 1. The fourth-order valence-electron chi connectivity index (χ4n) is 4.18. The molecule has 3 heterocycles. The molecule has 7 nitrogen and oxygen atoms in total. The van der Waals surface area contributed by atoms with Crippen molar-refractivity contribution in [3.63, 3.8) is 0 Å². The third-order valence-corrected chi connectivity index (χ3v) is 5.61. The van der Waals surface area contributed by atoms with Crippen molar-refractivity contribution in [1.82, 2.24) is 15.3 Å². The summed E-state index contributed by atoms with van der Waals surface area (Å²) in [4.78, 5) is 25.6. The van der Waals surface area contributed by atoms with E-state index in [0.717, 1.165) is 57.0 Å². The van der Waals surface area contributed by atoms with Crippen molar-refractivity contribution in [3.8, 4) is 0 Å². The third-order valence-electron chi connectivity index (χ3n) is 5.61. The second-order valence-electron chi connectivity index (χ2n) is 7.64. The van der Waals surface area contributed by atoms with Crippen molar-refractivity contribution in [2.24, 2.45) is 0 Å². The van der Waals surface area contributed by atoms with Crippen LogP contribution in [0.3, 0.4) is 0 Å². The highest BCUT2D eigenvalue weighted by Gasteiger charge is 2.41. The summed E-state index contributed by atoms with van der Waals surface area (Å²) in [5, 5.41) is 2.82. The molecule has 7 heteroatoms. The van der Waals surface area contributed by atoms with Crippen LogP contribution in [0, 0.1) is 0 Å². The number of aromatic nitrogens is 2. The molecule has 136 valence electrons. The van der Waals surface area contributed by atoms with Crippen LogP contribution >= 0.6 is 0 Å². The number of alkyl carbamates (subject to hydrolysis) is 1. The van der Waals surface area contributed by atoms with Crippen LogP contribution in [-0.4, -0.2) is 55.4 Å². The van der Waals surface area contributed by atoms with E-state index in [1.54, 1.807) is 0 Å². The van der Waals surface area contributed by atoms with E-state index in [1.807, 2.05) is 19.0 Å². The Hall–Kier alpha value is -2.05. The Morgan fingerprint density at radius 2 is 1.96 bits per heavy atom. The largest absolute Gasteiger partial charge is 0.441 e. The molecule has 2 aliphatic heterocycles. The van der Waals surface area contributed by atoms with Gasteiger partial charge >= 0.3 is 6.09 Å². The summed E-state index contributed by atoms with van der Waals surface area (Å²) >= 11 is 0. The van der Waals surface area contributed by atoms with Gasteiger partial charge in [0, 0.05) is 39.2 Å². The summed E-state index contributed by atoms with van der Waals surface area (Å²) in [6, 6.07) is 0. The SMILES string of the molecule is CN(C)c1nc2c(c(N3CCCC4(CC3)CNC(=O)O4)n1)CCCC2. The molecule has 0 bridgehead atoms. The van der Waals surface area contributed by atoms with Crippen LogP contribution in [0.4, 0.5) is 16.6 Å². The van der Waals surface area contributed by atoms with Gasteiger partial charge in [0.15, 0.2) is 0 Å². The number of carbonyl (C=O) groups is 1. The van der Waals surface area contributed by atoms with Gasteiger partial charge in [-0.3, -0.25) is 0 Å². The number of hydrogen-bond acceptors (Lipinski definition) is 6. The molecule has 1 aromatic heterocycles. The first kappa shape index (κ1) is 16.4. The molecule has 4 rings (SSSR count). The molecule has 0 saturated carbocycles. The molecular formula is C18H27N5O2. The molecule has 1 N–H and O–H groups in total. The highest BCUT2D eigenvalue weighted by Crippen LogP contribution is 2.34. The van der Waals surface area contributed by atoms with E-state index in [9.17, 15) is 4.79 Å². The number of carbonyl (C=O) groups excluding carboxylic acids is 1. The molecule has 3 aliphatic rings. The summed E-state index contributed by atoms with van der Waals surface area (Å²) in [6.07, 6.45) is 7.03. The molecule has 25 heavy (non-hydrogen) atoms. The molecule has 0 aromatic carbocycles. The van der Waals surface area contributed by atoms with Gasteiger partial charge in [0.25, 0.3) is 0 Å². The lowest BCUT2D eigenvalue weighted by molar-refractivity contribution is 0.0473. The van der Waals surface area contributed by atoms with Gasteiger partial charge in [0.05, 0.1) is 12.2 Å². The van der Waals surface area contributed by atoms with Crippen LogP contribution < -0.4 is 15.1 Å². The van der Waals surface area contributed by atoms with Crippen molar-refractivity contribution >= 4 is 17.9 Å². The topological polar surface area (TPSA) is 70.6 Å². The number of anilines is 2. The van der Waals surface area contributed by atoms with Crippen molar-refractivity contribution in [2.75, 3.05) is 43.5 Å². The van der Waals surface area contributed by atoms with Gasteiger partial charge in [-0.1, -0.05) is 0 Å². The van der Waals surface area contributed by atoms with E-state index in [-0.39, 0.29) is 11.7 Å². The zero-order valence-corrected chi connectivity index (χ0v) is 15.2. The molecular weight excluding hydrogens is 318 g/mol. The monoisotopic (exact) mass is 345 g/mol. The second-order valence-corrected chi connectivity index (χ2v) is 7.64. The lowest BCUT2D eigenvalue weighted by Gasteiger charge is -2.29. The lowest BCUT2D eigenvalue weighted by Crippen LogP contribution is -2.35. The number of rotatable bonds is 2. The Balaban J connectivity index is 1.62. The Bertz CT molecular complexity index is 678. The van der Waals surface area contributed by atoms with Crippen molar-refractivity contribution < 1.29 is 9.53 Å². The van der Waals surface area contributed by atoms with Gasteiger partial charge in [0.2, 0.25) is 5.95 Å². The smallest absolute Gasteiger partial charge is 0.407 e. The number of nitrogens with one attached hydrogen (secondary N) is 1. The summed E-state index contributed by atoms with van der Waals surface area (Å²) in [7, 11) is 3.99. The van der Waals surface area contributed by atoms with Crippen molar-refractivity contribution in [3.05, 3.63) is 11.3 Å². The molecule has 2 fully saturated rings. The van der Waals surface area contributed by atoms with E-state index in [1.165, 1.54) is 24.1 Å². The second kappa shape index (κ2) is 6.35.